The van der Waals surface area contributed by atoms with E-state index in [9.17, 15) is 0 Å². The van der Waals surface area contributed by atoms with E-state index in [-0.39, 0.29) is 0 Å². The lowest BCUT2D eigenvalue weighted by Crippen LogP contribution is -2.13. The van der Waals surface area contributed by atoms with Gasteiger partial charge < -0.3 is 15.0 Å². The molecule has 0 aliphatic heterocycles. The van der Waals surface area contributed by atoms with Crippen LogP contribution in [-0.2, 0) is 13.0 Å². The summed E-state index contributed by atoms with van der Waals surface area (Å²) in [5.74, 6) is 1.46. The van der Waals surface area contributed by atoms with Crippen molar-refractivity contribution in [1.82, 2.24) is 14.9 Å². The molecule has 3 aromatic rings. The first kappa shape index (κ1) is 19.3. The number of nitrogens with zero attached hydrogens (tertiary/aromatic N) is 3. The number of ether oxygens (including phenoxy) is 1. The number of nitrogens with one attached hydrogen (secondary N) is 1. The standard InChI is InChI=1S/C21H26N4OS/c1-16-15-27-21(23-16)24-20-19(26-14-17-8-5-4-6-9-17)12-18(13-22-20)10-7-11-25(2)3/h4-6,8-9,12-13,15H,7,10-11,14H2,1-3H3,(H,22,23,24). The molecule has 0 saturated carbocycles. The Labute approximate surface area is 165 Å². The molecule has 0 aliphatic rings. The number of thiazole rings is 1. The fraction of sp³-hybridized carbons (Fsp3) is 0.333. The molecule has 0 unspecified atom stereocenters. The average Bonchev–Trinajstić information content (AvgIpc) is 3.07. The Hall–Kier alpha value is -2.44. The highest BCUT2D eigenvalue weighted by Gasteiger charge is 2.10. The van der Waals surface area contributed by atoms with Crippen molar-refractivity contribution in [2.45, 2.75) is 26.4 Å². The van der Waals surface area contributed by atoms with E-state index in [1.165, 1.54) is 5.56 Å². The van der Waals surface area contributed by atoms with Crippen LogP contribution < -0.4 is 10.1 Å². The van der Waals surface area contributed by atoms with E-state index in [2.05, 4.69) is 52.5 Å². The van der Waals surface area contributed by atoms with Gasteiger partial charge in [-0.2, -0.15) is 0 Å². The van der Waals surface area contributed by atoms with Crippen molar-refractivity contribution in [3.05, 3.63) is 64.8 Å². The van der Waals surface area contributed by atoms with Gasteiger partial charge in [0.05, 0.1) is 5.69 Å². The van der Waals surface area contributed by atoms with Gasteiger partial charge in [0.2, 0.25) is 0 Å². The molecule has 0 fully saturated rings. The molecule has 27 heavy (non-hydrogen) atoms. The summed E-state index contributed by atoms with van der Waals surface area (Å²) in [6, 6.07) is 12.3. The summed E-state index contributed by atoms with van der Waals surface area (Å²) < 4.78 is 6.11. The number of rotatable bonds is 9. The Bertz CT molecular complexity index is 848. The van der Waals surface area contributed by atoms with E-state index in [1.54, 1.807) is 11.3 Å². The topological polar surface area (TPSA) is 50.3 Å². The number of pyridine rings is 1. The Kier molecular flexibility index (Phi) is 6.79. The van der Waals surface area contributed by atoms with Gasteiger partial charge in [-0.15, -0.1) is 11.3 Å². The first-order chi connectivity index (χ1) is 13.1. The molecular formula is C21H26N4OS. The van der Waals surface area contributed by atoms with Crippen LogP contribution in [0.3, 0.4) is 0 Å². The summed E-state index contributed by atoms with van der Waals surface area (Å²) in [4.78, 5) is 11.3. The Morgan fingerprint density at radius 2 is 1.96 bits per heavy atom. The van der Waals surface area contributed by atoms with E-state index >= 15 is 0 Å². The van der Waals surface area contributed by atoms with E-state index < -0.39 is 0 Å². The van der Waals surface area contributed by atoms with E-state index in [4.69, 9.17) is 4.74 Å². The molecule has 0 aliphatic carbocycles. The number of aryl methyl sites for hydroxylation is 2. The van der Waals surface area contributed by atoms with Crippen molar-refractivity contribution in [2.75, 3.05) is 26.0 Å². The van der Waals surface area contributed by atoms with Crippen molar-refractivity contribution in [1.29, 1.82) is 0 Å². The molecule has 1 N–H and O–H groups in total. The van der Waals surface area contributed by atoms with Crippen molar-refractivity contribution < 1.29 is 4.74 Å². The van der Waals surface area contributed by atoms with Crippen LogP contribution in [0.5, 0.6) is 5.75 Å². The second-order valence-corrected chi connectivity index (χ2v) is 7.65. The Morgan fingerprint density at radius 1 is 1.15 bits per heavy atom. The van der Waals surface area contributed by atoms with Crippen LogP contribution in [-0.4, -0.2) is 35.5 Å². The molecule has 0 amide bonds. The number of hydrogen-bond acceptors (Lipinski definition) is 6. The van der Waals surface area contributed by atoms with E-state index in [0.29, 0.717) is 12.4 Å². The van der Waals surface area contributed by atoms with Crippen LogP contribution in [0.4, 0.5) is 10.9 Å². The Morgan fingerprint density at radius 3 is 2.67 bits per heavy atom. The molecular weight excluding hydrogens is 356 g/mol. The van der Waals surface area contributed by atoms with Crippen LogP contribution in [0.15, 0.2) is 48.0 Å². The maximum absolute atomic E-state index is 6.11. The largest absolute Gasteiger partial charge is 0.485 e. The summed E-state index contributed by atoms with van der Waals surface area (Å²) in [6.45, 7) is 3.55. The zero-order valence-corrected chi connectivity index (χ0v) is 16.9. The molecule has 0 radical (unpaired) electrons. The monoisotopic (exact) mass is 382 g/mol. The minimum Gasteiger partial charge on any atom is -0.485 e. The fourth-order valence-corrected chi connectivity index (χ4v) is 3.36. The molecule has 0 atom stereocenters. The predicted octanol–water partition coefficient (Wildman–Crippen LogP) is 4.66. The first-order valence-electron chi connectivity index (χ1n) is 9.09. The van der Waals surface area contributed by atoms with Gasteiger partial charge in [-0.05, 0) is 57.6 Å². The third kappa shape index (κ3) is 6.05. The van der Waals surface area contributed by atoms with Crippen LogP contribution in [0.2, 0.25) is 0 Å². The van der Waals surface area contributed by atoms with Crippen LogP contribution in [0, 0.1) is 6.92 Å². The molecule has 3 rings (SSSR count). The van der Waals surface area contributed by atoms with Gasteiger partial charge in [0.1, 0.15) is 6.61 Å². The first-order valence-corrected chi connectivity index (χ1v) is 9.97. The maximum Gasteiger partial charge on any atom is 0.188 e. The van der Waals surface area contributed by atoms with E-state index in [1.807, 2.05) is 36.7 Å². The van der Waals surface area contributed by atoms with Crippen molar-refractivity contribution in [2.24, 2.45) is 0 Å². The Balaban J connectivity index is 1.75. The second kappa shape index (κ2) is 9.48. The van der Waals surface area contributed by atoms with Crippen molar-refractivity contribution in [3.8, 4) is 5.75 Å². The van der Waals surface area contributed by atoms with Crippen molar-refractivity contribution >= 4 is 22.3 Å². The number of anilines is 2. The van der Waals surface area contributed by atoms with Crippen LogP contribution in [0.25, 0.3) is 0 Å². The lowest BCUT2D eigenvalue weighted by Gasteiger charge is -2.14. The smallest absolute Gasteiger partial charge is 0.188 e. The van der Waals surface area contributed by atoms with Crippen LogP contribution in [0.1, 0.15) is 23.2 Å². The highest BCUT2D eigenvalue weighted by Crippen LogP contribution is 2.29. The van der Waals surface area contributed by atoms with Gasteiger partial charge >= 0.3 is 0 Å². The summed E-state index contributed by atoms with van der Waals surface area (Å²) in [5.41, 5.74) is 3.31. The third-order valence-corrected chi connectivity index (χ3v) is 4.94. The minimum absolute atomic E-state index is 0.509. The molecule has 2 aromatic heterocycles. The lowest BCUT2D eigenvalue weighted by atomic mass is 10.1. The minimum atomic E-state index is 0.509. The zero-order chi connectivity index (χ0) is 19.1. The van der Waals surface area contributed by atoms with E-state index in [0.717, 1.165) is 41.5 Å². The number of aromatic nitrogens is 2. The second-order valence-electron chi connectivity index (χ2n) is 6.79. The zero-order valence-electron chi connectivity index (χ0n) is 16.1. The summed E-state index contributed by atoms with van der Waals surface area (Å²) in [5, 5.41) is 6.13. The fourth-order valence-electron chi connectivity index (χ4n) is 2.67. The predicted molar refractivity (Wildman–Crippen MR) is 112 cm³/mol. The van der Waals surface area contributed by atoms with Crippen LogP contribution >= 0.6 is 11.3 Å². The van der Waals surface area contributed by atoms with Gasteiger partial charge in [0.15, 0.2) is 16.7 Å². The molecule has 2 heterocycles. The summed E-state index contributed by atoms with van der Waals surface area (Å²) >= 11 is 1.57. The quantitative estimate of drug-likeness (QED) is 0.583. The van der Waals surface area contributed by atoms with Gasteiger partial charge in [-0.1, -0.05) is 30.3 Å². The molecule has 0 saturated heterocycles. The molecule has 5 nitrogen and oxygen atoms in total. The molecule has 6 heteroatoms. The molecule has 0 bridgehead atoms. The SMILES string of the molecule is Cc1csc(Nc2ncc(CCCN(C)C)cc2OCc2ccccc2)n1. The molecule has 142 valence electrons. The summed E-state index contributed by atoms with van der Waals surface area (Å²) in [7, 11) is 4.19. The lowest BCUT2D eigenvalue weighted by molar-refractivity contribution is 0.306. The van der Waals surface area contributed by atoms with Gasteiger partial charge in [-0.3, -0.25) is 0 Å². The van der Waals surface area contributed by atoms with Gasteiger partial charge in [-0.25, -0.2) is 9.97 Å². The molecule has 1 aromatic carbocycles. The maximum atomic E-state index is 6.11. The average molecular weight is 383 g/mol. The highest BCUT2D eigenvalue weighted by atomic mass is 32.1. The van der Waals surface area contributed by atoms with Gasteiger partial charge in [0, 0.05) is 11.6 Å². The molecule has 0 spiro atoms. The normalized spacial score (nSPS) is 11.0. The summed E-state index contributed by atoms with van der Waals surface area (Å²) in [6.07, 6.45) is 3.99. The highest BCUT2D eigenvalue weighted by molar-refractivity contribution is 7.13. The number of benzene rings is 1. The van der Waals surface area contributed by atoms with Gasteiger partial charge in [0.25, 0.3) is 0 Å². The van der Waals surface area contributed by atoms with Crippen molar-refractivity contribution in [3.63, 3.8) is 0 Å². The third-order valence-electron chi connectivity index (χ3n) is 4.06. The number of hydrogen-bond donors (Lipinski definition) is 1.